The van der Waals surface area contributed by atoms with Gasteiger partial charge in [-0.2, -0.15) is 5.01 Å². The second-order valence-corrected chi connectivity index (χ2v) is 7.36. The van der Waals surface area contributed by atoms with Crippen LogP contribution in [0.2, 0.25) is 0 Å². The Labute approximate surface area is 158 Å². The fourth-order valence-corrected chi connectivity index (χ4v) is 2.96. The zero-order valence-electron chi connectivity index (χ0n) is 14.4. The predicted molar refractivity (Wildman–Crippen MR) is 102 cm³/mol. The second-order valence-electron chi connectivity index (χ2n) is 5.62. The van der Waals surface area contributed by atoms with E-state index in [1.165, 1.54) is 12.1 Å². The quantitative estimate of drug-likeness (QED) is 0.364. The molecule has 0 saturated heterocycles. The van der Waals surface area contributed by atoms with Crippen LogP contribution in [0.1, 0.15) is 0 Å². The van der Waals surface area contributed by atoms with E-state index in [2.05, 4.69) is 10.0 Å². The number of nitrogens with zero attached hydrogens (tertiary/aromatic N) is 2. The highest BCUT2D eigenvalue weighted by atomic mass is 32.2. The summed E-state index contributed by atoms with van der Waals surface area (Å²) in [5.41, 5.74) is -1.07. The number of carbonyl (C=O) groups is 1. The van der Waals surface area contributed by atoms with Crippen LogP contribution >= 0.6 is 0 Å². The van der Waals surface area contributed by atoms with Gasteiger partial charge in [0.2, 0.25) is 21.9 Å². The molecule has 0 bridgehead atoms. The fourth-order valence-electron chi connectivity index (χ4n) is 2.40. The molecule has 1 aromatic heterocycles. The molecule has 11 heteroatoms. The third-order valence-electron chi connectivity index (χ3n) is 3.56. The second kappa shape index (κ2) is 7.48. The number of fused-ring (bicyclic) bond motifs is 1. The lowest BCUT2D eigenvalue weighted by molar-refractivity contribution is -0.107. The van der Waals surface area contributed by atoms with Crippen molar-refractivity contribution < 1.29 is 22.4 Å². The topological polar surface area (TPSA) is 135 Å². The number of anilines is 2. The summed E-state index contributed by atoms with van der Waals surface area (Å²) in [5, 5.41) is 2.67. The summed E-state index contributed by atoms with van der Waals surface area (Å²) in [6.45, 7) is 0. The molecule has 10 nitrogen and oxygen atoms in total. The molecule has 1 heterocycles. The van der Waals surface area contributed by atoms with Crippen molar-refractivity contribution in [3.8, 4) is 11.5 Å². The largest absolute Gasteiger partial charge is 0.462 e. The van der Waals surface area contributed by atoms with Gasteiger partial charge in [-0.15, -0.1) is 4.91 Å². The van der Waals surface area contributed by atoms with Crippen molar-refractivity contribution in [2.24, 2.45) is 5.29 Å². The lowest BCUT2D eigenvalue weighted by atomic mass is 10.2. The van der Waals surface area contributed by atoms with E-state index in [9.17, 15) is 22.9 Å². The molecule has 0 radical (unpaired) electrons. The Morgan fingerprint density at radius 3 is 2.54 bits per heavy atom. The van der Waals surface area contributed by atoms with Gasteiger partial charge in [0.1, 0.15) is 17.6 Å². The lowest BCUT2D eigenvalue weighted by Crippen LogP contribution is -2.20. The van der Waals surface area contributed by atoms with Crippen LogP contribution in [0.3, 0.4) is 0 Å². The fraction of sp³-hybridized carbons (Fsp3) is 0.0588. The highest BCUT2D eigenvalue weighted by Gasteiger charge is 2.18. The molecule has 0 spiro atoms. The average molecular weight is 403 g/mol. The molecule has 2 aromatic carbocycles. The monoisotopic (exact) mass is 403 g/mol. The van der Waals surface area contributed by atoms with Gasteiger partial charge in [-0.25, -0.2) is 8.42 Å². The number of amides is 1. The molecule has 3 rings (SSSR count). The smallest absolute Gasteiger partial charge is 0.237 e. The van der Waals surface area contributed by atoms with Crippen molar-refractivity contribution in [3.05, 3.63) is 63.9 Å². The zero-order valence-corrected chi connectivity index (χ0v) is 15.2. The summed E-state index contributed by atoms with van der Waals surface area (Å²) in [5.74, 6) is 0.410. The number of nitrogens with one attached hydrogen (secondary N) is 1. The minimum Gasteiger partial charge on any atom is -0.462 e. The summed E-state index contributed by atoms with van der Waals surface area (Å²) < 4.78 is 36.6. The van der Waals surface area contributed by atoms with Gasteiger partial charge < -0.3 is 9.15 Å². The van der Waals surface area contributed by atoms with E-state index >= 15 is 0 Å². The molecule has 28 heavy (non-hydrogen) atoms. The Hall–Kier alpha value is -3.73. The number of sulfonamides is 1. The summed E-state index contributed by atoms with van der Waals surface area (Å²) in [6, 6.07) is 11.0. The maximum Gasteiger partial charge on any atom is 0.237 e. The van der Waals surface area contributed by atoms with Gasteiger partial charge in [-0.1, -0.05) is 18.2 Å². The molecule has 0 fully saturated rings. The van der Waals surface area contributed by atoms with E-state index in [0.717, 1.165) is 12.5 Å². The van der Waals surface area contributed by atoms with Crippen molar-refractivity contribution in [1.29, 1.82) is 0 Å². The first kappa shape index (κ1) is 19.0. The number of rotatable bonds is 7. The van der Waals surface area contributed by atoms with E-state index in [0.29, 0.717) is 5.75 Å². The third-order valence-corrected chi connectivity index (χ3v) is 4.15. The van der Waals surface area contributed by atoms with Crippen LogP contribution in [0, 0.1) is 4.91 Å². The van der Waals surface area contributed by atoms with Crippen molar-refractivity contribution in [2.75, 3.05) is 16.0 Å². The van der Waals surface area contributed by atoms with E-state index in [1.54, 1.807) is 30.3 Å². The molecular formula is C17H13N3O7S. The van der Waals surface area contributed by atoms with E-state index < -0.39 is 21.1 Å². The highest BCUT2D eigenvalue weighted by molar-refractivity contribution is 7.92. The molecule has 1 N–H and O–H groups in total. The summed E-state index contributed by atoms with van der Waals surface area (Å²) >= 11 is 0. The minimum atomic E-state index is -3.66. The normalized spacial score (nSPS) is 11.0. The maximum absolute atomic E-state index is 12.6. The number of benzene rings is 2. The zero-order chi connectivity index (χ0) is 20.3. The van der Waals surface area contributed by atoms with Crippen LogP contribution in [-0.4, -0.2) is 21.1 Å². The molecule has 1 amide bonds. The van der Waals surface area contributed by atoms with Gasteiger partial charge in [0.15, 0.2) is 11.4 Å². The van der Waals surface area contributed by atoms with Crippen molar-refractivity contribution >= 4 is 38.8 Å². The van der Waals surface area contributed by atoms with Gasteiger partial charge >= 0.3 is 0 Å². The van der Waals surface area contributed by atoms with Crippen molar-refractivity contribution in [2.45, 2.75) is 0 Å². The number of ether oxygens (including phenoxy) is 1. The molecule has 144 valence electrons. The van der Waals surface area contributed by atoms with Crippen LogP contribution in [0.25, 0.3) is 11.0 Å². The van der Waals surface area contributed by atoms with Crippen LogP contribution in [-0.2, 0) is 14.8 Å². The number of hydrogen-bond acceptors (Lipinski definition) is 8. The van der Waals surface area contributed by atoms with Crippen LogP contribution < -0.4 is 19.9 Å². The van der Waals surface area contributed by atoms with Crippen LogP contribution in [0.5, 0.6) is 11.5 Å². The first-order valence-electron chi connectivity index (χ1n) is 7.70. The summed E-state index contributed by atoms with van der Waals surface area (Å²) in [4.78, 5) is 34.2. The van der Waals surface area contributed by atoms with Gasteiger partial charge in [-0.3, -0.25) is 14.3 Å². The summed E-state index contributed by atoms with van der Waals surface area (Å²) in [7, 11) is -3.66. The minimum absolute atomic E-state index is 0.0112. The lowest BCUT2D eigenvalue weighted by Gasteiger charge is -2.14. The Balaban J connectivity index is 2.22. The molecular weight excluding hydrogens is 390 g/mol. The third kappa shape index (κ3) is 3.99. The predicted octanol–water partition coefficient (Wildman–Crippen LogP) is 2.60. The highest BCUT2D eigenvalue weighted by Crippen LogP contribution is 2.34. The van der Waals surface area contributed by atoms with Crippen LogP contribution in [0.15, 0.2) is 63.2 Å². The van der Waals surface area contributed by atoms with Gasteiger partial charge in [0.05, 0.1) is 22.6 Å². The number of hydrogen-bond donors (Lipinski definition) is 1. The Bertz CT molecular complexity index is 1200. The standard InChI is InChI=1S/C17H13N3O7S/c1-28(24,25)18-13-8-15-12(7-16(13)27-11-5-3-2-4-6-11)17(22)14(9-26-15)20(10-21)19-23/h2-10,18H,1H3. The molecule has 0 atom stereocenters. The molecule has 3 aromatic rings. The Morgan fingerprint density at radius 1 is 1.21 bits per heavy atom. The number of para-hydroxylation sites is 1. The van der Waals surface area contributed by atoms with E-state index in [4.69, 9.17) is 9.15 Å². The van der Waals surface area contributed by atoms with Gasteiger partial charge in [-0.05, 0) is 18.2 Å². The van der Waals surface area contributed by atoms with Crippen molar-refractivity contribution in [1.82, 2.24) is 0 Å². The first-order valence-corrected chi connectivity index (χ1v) is 9.59. The average Bonchev–Trinajstić information content (AvgIpc) is 2.65. The molecule has 0 saturated carbocycles. The van der Waals surface area contributed by atoms with E-state index in [-0.39, 0.29) is 33.8 Å². The number of nitroso groups, excluding NO2 is 1. The Kier molecular flexibility index (Phi) is 5.09. The van der Waals surface area contributed by atoms with Crippen molar-refractivity contribution in [3.63, 3.8) is 0 Å². The molecule has 0 aliphatic heterocycles. The van der Waals surface area contributed by atoms with E-state index in [1.807, 2.05) is 0 Å². The summed E-state index contributed by atoms with van der Waals surface area (Å²) in [6.07, 6.45) is 1.90. The first-order chi connectivity index (χ1) is 13.3. The maximum atomic E-state index is 12.6. The molecule has 0 aliphatic carbocycles. The van der Waals surface area contributed by atoms with Gasteiger partial charge in [0.25, 0.3) is 0 Å². The molecule has 0 aliphatic rings. The van der Waals surface area contributed by atoms with Crippen LogP contribution in [0.4, 0.5) is 11.4 Å². The Morgan fingerprint density at radius 2 is 1.93 bits per heavy atom. The molecule has 0 unspecified atom stereocenters. The SMILES string of the molecule is CS(=O)(=O)Nc1cc2occ(N(C=O)N=O)c(=O)c2cc1Oc1ccccc1. The van der Waals surface area contributed by atoms with Gasteiger partial charge in [0, 0.05) is 6.07 Å². The number of carbonyl (C=O) groups excluding carboxylic acids is 1.